The van der Waals surface area contributed by atoms with Gasteiger partial charge in [0.2, 0.25) is 5.95 Å². The van der Waals surface area contributed by atoms with Crippen LogP contribution in [0.5, 0.6) is 0 Å². The molecule has 1 aromatic heterocycles. The summed E-state index contributed by atoms with van der Waals surface area (Å²) in [6.45, 7) is 1.50. The average molecular weight is 311 g/mol. The van der Waals surface area contributed by atoms with Gasteiger partial charge in [-0.25, -0.2) is 13.4 Å². The predicted octanol–water partition coefficient (Wildman–Crippen LogP) is 2.24. The van der Waals surface area contributed by atoms with Gasteiger partial charge in [-0.3, -0.25) is 14.8 Å². The van der Waals surface area contributed by atoms with E-state index >= 15 is 0 Å². The van der Waals surface area contributed by atoms with Crippen LogP contribution in [0.3, 0.4) is 0 Å². The molecule has 2 aromatic rings. The Morgan fingerprint density at radius 3 is 2.62 bits per heavy atom. The molecule has 0 fully saturated rings. The molecule has 0 aliphatic carbocycles. The summed E-state index contributed by atoms with van der Waals surface area (Å²) in [5.41, 5.74) is -0.0299. The van der Waals surface area contributed by atoms with E-state index in [1.807, 2.05) is 0 Å². The van der Waals surface area contributed by atoms with E-state index in [2.05, 4.69) is 9.71 Å². The van der Waals surface area contributed by atoms with Gasteiger partial charge in [-0.2, -0.15) is 4.39 Å². The number of nitrogens with one attached hydrogen (secondary N) is 1. The van der Waals surface area contributed by atoms with Crippen LogP contribution in [0.1, 0.15) is 5.56 Å². The molecule has 0 saturated heterocycles. The zero-order valence-electron chi connectivity index (χ0n) is 10.8. The first-order valence-corrected chi connectivity index (χ1v) is 7.18. The molecular weight excluding hydrogens is 301 g/mol. The first kappa shape index (κ1) is 14.9. The summed E-state index contributed by atoms with van der Waals surface area (Å²) in [4.78, 5) is 13.1. The van der Waals surface area contributed by atoms with Crippen molar-refractivity contribution in [3.63, 3.8) is 0 Å². The van der Waals surface area contributed by atoms with Gasteiger partial charge in [0.25, 0.3) is 15.7 Å². The van der Waals surface area contributed by atoms with Gasteiger partial charge in [0.1, 0.15) is 5.82 Å². The summed E-state index contributed by atoms with van der Waals surface area (Å²) in [5.74, 6) is -1.05. The molecule has 1 aromatic carbocycles. The number of nitro groups is 1. The van der Waals surface area contributed by atoms with Crippen molar-refractivity contribution in [2.24, 2.45) is 0 Å². The number of benzene rings is 1. The normalized spacial score (nSPS) is 11.1. The number of nitrogens with zero attached hydrogens (tertiary/aromatic N) is 2. The van der Waals surface area contributed by atoms with Crippen molar-refractivity contribution in [1.29, 1.82) is 0 Å². The molecular formula is C12H10FN3O4S. The zero-order valence-corrected chi connectivity index (χ0v) is 11.6. The van der Waals surface area contributed by atoms with Gasteiger partial charge in [0, 0.05) is 12.1 Å². The molecule has 110 valence electrons. The number of pyridine rings is 1. The summed E-state index contributed by atoms with van der Waals surface area (Å²) in [7, 11) is -4.10. The maximum atomic E-state index is 13.0. The standard InChI is InChI=1S/C12H10FN3O4S/c1-8-5-6-9(16(17)18)7-10(8)21(19,20)15-12-4-2-3-11(13)14-12/h2-7H,1H3,(H,14,15). The maximum absolute atomic E-state index is 13.0. The predicted molar refractivity (Wildman–Crippen MR) is 72.8 cm³/mol. The molecule has 0 aliphatic rings. The lowest BCUT2D eigenvalue weighted by atomic mass is 10.2. The topological polar surface area (TPSA) is 102 Å². The number of halogens is 1. The Balaban J connectivity index is 2.44. The summed E-state index contributed by atoms with van der Waals surface area (Å²) in [6, 6.07) is 7.10. The van der Waals surface area contributed by atoms with Crippen LogP contribution in [0, 0.1) is 23.0 Å². The Bertz CT molecular complexity index is 808. The van der Waals surface area contributed by atoms with Crippen LogP contribution in [0.15, 0.2) is 41.3 Å². The highest BCUT2D eigenvalue weighted by molar-refractivity contribution is 7.92. The van der Waals surface area contributed by atoms with E-state index in [1.54, 1.807) is 0 Å². The van der Waals surface area contributed by atoms with Crippen molar-refractivity contribution in [2.75, 3.05) is 4.72 Å². The number of hydrogen-bond acceptors (Lipinski definition) is 5. The Morgan fingerprint density at radius 2 is 2.00 bits per heavy atom. The number of hydrogen-bond donors (Lipinski definition) is 1. The average Bonchev–Trinajstić information content (AvgIpc) is 2.38. The van der Waals surface area contributed by atoms with Gasteiger partial charge in [0.05, 0.1) is 9.82 Å². The number of rotatable bonds is 4. The lowest BCUT2D eigenvalue weighted by molar-refractivity contribution is -0.385. The van der Waals surface area contributed by atoms with Gasteiger partial charge in [0.15, 0.2) is 0 Å². The quantitative estimate of drug-likeness (QED) is 0.530. The molecule has 9 heteroatoms. The van der Waals surface area contributed by atoms with Crippen molar-refractivity contribution >= 4 is 21.5 Å². The van der Waals surface area contributed by atoms with Gasteiger partial charge in [-0.05, 0) is 24.6 Å². The minimum absolute atomic E-state index is 0.207. The SMILES string of the molecule is Cc1ccc([N+](=O)[O-])cc1S(=O)(=O)Nc1cccc(F)n1. The third-order valence-corrected chi connectivity index (χ3v) is 4.12. The van der Waals surface area contributed by atoms with Crippen LogP contribution in [-0.2, 0) is 10.0 Å². The van der Waals surface area contributed by atoms with Crippen LogP contribution < -0.4 is 4.72 Å². The molecule has 2 rings (SSSR count). The number of non-ortho nitro benzene ring substituents is 1. The first-order valence-electron chi connectivity index (χ1n) is 5.70. The Kier molecular flexibility index (Phi) is 3.85. The second-order valence-corrected chi connectivity index (χ2v) is 5.81. The van der Waals surface area contributed by atoms with E-state index in [9.17, 15) is 22.9 Å². The monoisotopic (exact) mass is 311 g/mol. The summed E-state index contributed by atoms with van der Waals surface area (Å²) in [5, 5.41) is 10.7. The van der Waals surface area contributed by atoms with Crippen molar-refractivity contribution in [3.05, 3.63) is 58.0 Å². The number of aromatic nitrogens is 1. The van der Waals surface area contributed by atoms with Crippen molar-refractivity contribution in [1.82, 2.24) is 4.98 Å². The fraction of sp³-hybridized carbons (Fsp3) is 0.0833. The fourth-order valence-corrected chi connectivity index (χ4v) is 2.92. The second-order valence-electron chi connectivity index (χ2n) is 4.16. The van der Waals surface area contributed by atoms with E-state index < -0.39 is 20.9 Å². The smallest absolute Gasteiger partial charge is 0.263 e. The molecule has 0 spiro atoms. The molecule has 1 N–H and O–H groups in total. The fourth-order valence-electron chi connectivity index (χ4n) is 1.65. The van der Waals surface area contributed by atoms with E-state index in [1.165, 1.54) is 31.2 Å². The molecule has 0 unspecified atom stereocenters. The largest absolute Gasteiger partial charge is 0.270 e. The molecule has 7 nitrogen and oxygen atoms in total. The first-order chi connectivity index (χ1) is 9.79. The molecule has 0 atom stereocenters. The van der Waals surface area contributed by atoms with Crippen LogP contribution in [0.4, 0.5) is 15.9 Å². The zero-order chi connectivity index (χ0) is 15.6. The van der Waals surface area contributed by atoms with Crippen molar-refractivity contribution < 1.29 is 17.7 Å². The lowest BCUT2D eigenvalue weighted by Gasteiger charge is -2.09. The number of aryl methyl sites for hydroxylation is 1. The Morgan fingerprint density at radius 1 is 1.29 bits per heavy atom. The van der Waals surface area contributed by atoms with Crippen LogP contribution >= 0.6 is 0 Å². The molecule has 0 bridgehead atoms. The second kappa shape index (κ2) is 5.44. The molecule has 1 heterocycles. The van der Waals surface area contributed by atoms with Crippen LogP contribution in [-0.4, -0.2) is 18.3 Å². The van der Waals surface area contributed by atoms with Gasteiger partial charge in [-0.15, -0.1) is 0 Å². The number of anilines is 1. The molecule has 0 amide bonds. The van der Waals surface area contributed by atoms with Crippen molar-refractivity contribution in [2.45, 2.75) is 11.8 Å². The maximum Gasteiger partial charge on any atom is 0.270 e. The van der Waals surface area contributed by atoms with E-state index in [-0.39, 0.29) is 16.4 Å². The van der Waals surface area contributed by atoms with Gasteiger partial charge >= 0.3 is 0 Å². The minimum atomic E-state index is -4.10. The summed E-state index contributed by atoms with van der Waals surface area (Å²) < 4.78 is 39.5. The van der Waals surface area contributed by atoms with Gasteiger partial charge < -0.3 is 0 Å². The molecule has 21 heavy (non-hydrogen) atoms. The van der Waals surface area contributed by atoms with Crippen LogP contribution in [0.2, 0.25) is 0 Å². The van der Waals surface area contributed by atoms with E-state index in [4.69, 9.17) is 0 Å². The molecule has 0 saturated carbocycles. The highest BCUT2D eigenvalue weighted by atomic mass is 32.2. The van der Waals surface area contributed by atoms with Gasteiger partial charge in [-0.1, -0.05) is 12.1 Å². The highest BCUT2D eigenvalue weighted by Gasteiger charge is 2.21. The minimum Gasteiger partial charge on any atom is -0.263 e. The molecule has 0 aliphatic heterocycles. The van der Waals surface area contributed by atoms with Crippen LogP contribution in [0.25, 0.3) is 0 Å². The van der Waals surface area contributed by atoms with E-state index in [0.717, 1.165) is 12.1 Å². The Hall–Kier alpha value is -2.55. The lowest BCUT2D eigenvalue weighted by Crippen LogP contribution is -2.15. The highest BCUT2D eigenvalue weighted by Crippen LogP contribution is 2.23. The number of sulfonamides is 1. The van der Waals surface area contributed by atoms with Crippen molar-refractivity contribution in [3.8, 4) is 0 Å². The summed E-state index contributed by atoms with van der Waals surface area (Å²) >= 11 is 0. The Labute approximate surface area is 119 Å². The third kappa shape index (κ3) is 3.31. The van der Waals surface area contributed by atoms with E-state index in [0.29, 0.717) is 5.56 Å². The number of nitro benzene ring substituents is 1. The summed E-state index contributed by atoms with van der Waals surface area (Å²) in [6.07, 6.45) is 0. The third-order valence-electron chi connectivity index (χ3n) is 2.63. The molecule has 0 radical (unpaired) electrons.